The lowest BCUT2D eigenvalue weighted by Gasteiger charge is -1.97. The molecule has 0 spiro atoms. The molecule has 6 heteroatoms. The Balaban J connectivity index is 0.000000686. The third-order valence-corrected chi connectivity index (χ3v) is 3.83. The molecule has 2 heterocycles. The molecular formula is C11H13IN2O2S. The number of rotatable bonds is 2. The van der Waals surface area contributed by atoms with Gasteiger partial charge in [0.25, 0.3) is 0 Å². The third kappa shape index (κ3) is 2.92. The van der Waals surface area contributed by atoms with E-state index in [9.17, 15) is 4.79 Å². The number of aromatic carboxylic acids is 1. The van der Waals surface area contributed by atoms with Crippen LogP contribution in [-0.2, 0) is 0 Å². The maximum Gasteiger partial charge on any atom is 0.337 e. The maximum atomic E-state index is 10.8. The summed E-state index contributed by atoms with van der Waals surface area (Å²) in [5.41, 5.74) is 2.06. The summed E-state index contributed by atoms with van der Waals surface area (Å²) in [5.74, 6) is -0.946. The number of carbonyl (C=O) groups is 1. The number of pyridine rings is 1. The van der Waals surface area contributed by atoms with E-state index in [1.54, 1.807) is 6.07 Å². The highest BCUT2D eigenvalue weighted by molar-refractivity contribution is 14.2. The number of carboxylic acid groups (broad SMARTS) is 1. The van der Waals surface area contributed by atoms with E-state index in [0.717, 1.165) is 16.6 Å². The molecule has 0 aromatic carbocycles. The molecule has 92 valence electrons. The van der Waals surface area contributed by atoms with Crippen LogP contribution in [0, 0.1) is 6.92 Å². The van der Waals surface area contributed by atoms with Crippen LogP contribution in [0.2, 0.25) is 0 Å². The number of fused-ring (bicyclic) bond motifs is 1. The fraction of sp³-hybridized carbons (Fsp3) is 0.273. The van der Waals surface area contributed by atoms with E-state index in [1.165, 1.54) is 15.3 Å². The van der Waals surface area contributed by atoms with Gasteiger partial charge in [0, 0.05) is 48.1 Å². The molecule has 2 rings (SSSR count). The quantitative estimate of drug-likeness (QED) is 0.821. The number of nitrogens with zero attached hydrogens (tertiary/aromatic N) is 2. The fourth-order valence-electron chi connectivity index (χ4n) is 1.40. The van der Waals surface area contributed by atoms with Crippen LogP contribution in [0.15, 0.2) is 18.5 Å². The summed E-state index contributed by atoms with van der Waals surface area (Å²) < 4.78 is 1.91. The summed E-state index contributed by atoms with van der Waals surface area (Å²) in [7, 11) is 1.51. The maximum absolute atomic E-state index is 10.8. The Morgan fingerprint density at radius 2 is 2.18 bits per heavy atom. The molecule has 0 aliphatic rings. The lowest BCUT2D eigenvalue weighted by Crippen LogP contribution is -1.97. The molecule has 1 N–H and O–H groups in total. The van der Waals surface area contributed by atoms with Crippen LogP contribution in [0.1, 0.15) is 29.8 Å². The molecule has 17 heavy (non-hydrogen) atoms. The highest BCUT2D eigenvalue weighted by Crippen LogP contribution is 2.26. The Labute approximate surface area is 116 Å². The third-order valence-electron chi connectivity index (χ3n) is 2.13. The highest BCUT2D eigenvalue weighted by atomic mass is 127. The minimum atomic E-state index is -0.946. The summed E-state index contributed by atoms with van der Waals surface area (Å²) in [6, 6.07) is 1.66. The molecule has 0 amide bonds. The molecule has 0 saturated carbocycles. The van der Waals surface area contributed by atoms with E-state index in [0.29, 0.717) is 0 Å². The van der Waals surface area contributed by atoms with Crippen molar-refractivity contribution in [3.8, 4) is 0 Å². The second-order valence-corrected chi connectivity index (χ2v) is 4.82. The van der Waals surface area contributed by atoms with Crippen molar-refractivity contribution >= 4 is 47.3 Å². The van der Waals surface area contributed by atoms with Gasteiger partial charge in [0.05, 0.1) is 5.56 Å². The lowest BCUT2D eigenvalue weighted by molar-refractivity contribution is 0.0696. The molecule has 2 aromatic heterocycles. The molecule has 0 fully saturated rings. The SMILES string of the molecule is CC.Cc1cn(SI)c2ncc(C(=O)O)cc12. The van der Waals surface area contributed by atoms with E-state index in [4.69, 9.17) is 5.11 Å². The van der Waals surface area contributed by atoms with E-state index >= 15 is 0 Å². The first-order chi connectivity index (χ1) is 8.13. The van der Waals surface area contributed by atoms with Gasteiger partial charge in [0.1, 0.15) is 0 Å². The van der Waals surface area contributed by atoms with Gasteiger partial charge in [0.15, 0.2) is 5.65 Å². The summed E-state index contributed by atoms with van der Waals surface area (Å²) >= 11 is 2.16. The summed E-state index contributed by atoms with van der Waals surface area (Å²) in [6.07, 6.45) is 3.33. The first-order valence-corrected chi connectivity index (χ1v) is 8.45. The van der Waals surface area contributed by atoms with E-state index < -0.39 is 5.97 Å². The standard InChI is InChI=1S/C9H7IN2O2S.C2H6/c1-5-4-12(15-10)8-7(5)2-6(3-11-8)9(13)14;1-2/h2-4H,1H3,(H,13,14);1-2H3. The van der Waals surface area contributed by atoms with Crippen LogP contribution < -0.4 is 0 Å². The number of halogens is 1. The Kier molecular flexibility index (Phi) is 5.26. The zero-order chi connectivity index (χ0) is 13.0. The van der Waals surface area contributed by atoms with Crippen LogP contribution in [0.5, 0.6) is 0 Å². The summed E-state index contributed by atoms with van der Waals surface area (Å²) in [6.45, 7) is 5.94. The van der Waals surface area contributed by atoms with Crippen molar-refractivity contribution in [2.24, 2.45) is 0 Å². The van der Waals surface area contributed by atoms with Gasteiger partial charge in [-0.1, -0.05) is 13.8 Å². The van der Waals surface area contributed by atoms with E-state index in [1.807, 2.05) is 30.9 Å². The van der Waals surface area contributed by atoms with Crippen LogP contribution in [0.3, 0.4) is 0 Å². The molecule has 0 radical (unpaired) electrons. The predicted octanol–water partition coefficient (Wildman–Crippen LogP) is 3.92. The first-order valence-electron chi connectivity index (χ1n) is 5.13. The highest BCUT2D eigenvalue weighted by Gasteiger charge is 2.10. The lowest BCUT2D eigenvalue weighted by atomic mass is 10.2. The minimum absolute atomic E-state index is 0.224. The molecule has 0 aliphatic heterocycles. The first kappa shape index (κ1) is 14.3. The summed E-state index contributed by atoms with van der Waals surface area (Å²) in [4.78, 5) is 14.9. The predicted molar refractivity (Wildman–Crippen MR) is 79.8 cm³/mol. The number of aromatic nitrogens is 2. The van der Waals surface area contributed by atoms with Gasteiger partial charge in [-0.3, -0.25) is 3.97 Å². The molecular weight excluding hydrogens is 351 g/mol. The molecule has 0 atom stereocenters. The Morgan fingerprint density at radius 1 is 1.53 bits per heavy atom. The average molecular weight is 364 g/mol. The number of hydrogen-bond acceptors (Lipinski definition) is 3. The van der Waals surface area contributed by atoms with Crippen molar-refractivity contribution in [1.29, 1.82) is 0 Å². The molecule has 4 nitrogen and oxygen atoms in total. The molecule has 0 unspecified atom stereocenters. The molecule has 0 saturated heterocycles. The van der Waals surface area contributed by atoms with Crippen molar-refractivity contribution in [2.75, 3.05) is 0 Å². The topological polar surface area (TPSA) is 55.1 Å². The summed E-state index contributed by atoms with van der Waals surface area (Å²) in [5, 5.41) is 9.73. The van der Waals surface area contributed by atoms with Gasteiger partial charge in [0.2, 0.25) is 0 Å². The Hall–Kier alpha value is -0.760. The molecule has 0 aliphatic carbocycles. The fourth-order valence-corrected chi connectivity index (χ4v) is 2.71. The van der Waals surface area contributed by atoms with Gasteiger partial charge in [-0.2, -0.15) is 0 Å². The Morgan fingerprint density at radius 3 is 2.71 bits per heavy atom. The smallest absolute Gasteiger partial charge is 0.337 e. The van der Waals surface area contributed by atoms with Crippen molar-refractivity contribution in [1.82, 2.24) is 8.96 Å². The number of carboxylic acids is 1. The number of aryl methyl sites for hydroxylation is 1. The van der Waals surface area contributed by atoms with E-state index in [-0.39, 0.29) is 5.56 Å². The van der Waals surface area contributed by atoms with Crippen LogP contribution >= 0.6 is 30.3 Å². The largest absolute Gasteiger partial charge is 0.478 e. The average Bonchev–Trinajstić information content (AvgIpc) is 2.68. The van der Waals surface area contributed by atoms with Crippen molar-refractivity contribution in [3.05, 3.63) is 29.6 Å². The van der Waals surface area contributed by atoms with Gasteiger partial charge in [-0.05, 0) is 18.6 Å². The second kappa shape index (κ2) is 6.25. The molecule has 0 bridgehead atoms. The number of hydrogen-bond donors (Lipinski definition) is 1. The van der Waals surface area contributed by atoms with Crippen molar-refractivity contribution in [2.45, 2.75) is 20.8 Å². The zero-order valence-electron chi connectivity index (χ0n) is 9.77. The van der Waals surface area contributed by atoms with Gasteiger partial charge in [-0.15, -0.1) is 0 Å². The zero-order valence-corrected chi connectivity index (χ0v) is 12.7. The van der Waals surface area contributed by atoms with E-state index in [2.05, 4.69) is 26.2 Å². The van der Waals surface area contributed by atoms with Crippen LogP contribution in [0.4, 0.5) is 0 Å². The van der Waals surface area contributed by atoms with Gasteiger partial charge >= 0.3 is 5.97 Å². The second-order valence-electron chi connectivity index (χ2n) is 3.11. The normalized spacial score (nSPS) is 9.88. The molecule has 2 aromatic rings. The van der Waals surface area contributed by atoms with Gasteiger partial charge in [-0.25, -0.2) is 9.78 Å². The van der Waals surface area contributed by atoms with Crippen molar-refractivity contribution < 1.29 is 9.90 Å². The monoisotopic (exact) mass is 364 g/mol. The Bertz CT molecular complexity index is 539. The van der Waals surface area contributed by atoms with Gasteiger partial charge < -0.3 is 5.11 Å². The van der Waals surface area contributed by atoms with Crippen molar-refractivity contribution in [3.63, 3.8) is 0 Å². The minimum Gasteiger partial charge on any atom is -0.478 e. The van der Waals surface area contributed by atoms with Crippen LogP contribution in [-0.4, -0.2) is 20.0 Å². The van der Waals surface area contributed by atoms with Crippen LogP contribution in [0.25, 0.3) is 11.0 Å².